The number of aryl methyl sites for hydroxylation is 1. The molecule has 0 amide bonds. The highest BCUT2D eigenvalue weighted by molar-refractivity contribution is 7.90. The number of rotatable bonds is 10. The second-order valence-electron chi connectivity index (χ2n) is 9.47. The van der Waals surface area contributed by atoms with Crippen LogP contribution in [-0.4, -0.2) is 36.7 Å². The fourth-order valence-corrected chi connectivity index (χ4v) is 5.94. The van der Waals surface area contributed by atoms with Gasteiger partial charge in [-0.1, -0.05) is 66.2 Å². The number of methoxy groups -OCH3 is 1. The van der Waals surface area contributed by atoms with E-state index in [1.54, 1.807) is 66.7 Å². The van der Waals surface area contributed by atoms with Crippen molar-refractivity contribution >= 4 is 26.7 Å². The van der Waals surface area contributed by atoms with Crippen molar-refractivity contribution < 1.29 is 27.8 Å². The van der Waals surface area contributed by atoms with Gasteiger partial charge < -0.3 is 14.6 Å². The van der Waals surface area contributed by atoms with Crippen molar-refractivity contribution in [3.8, 4) is 5.75 Å². The first-order valence-corrected chi connectivity index (χ1v) is 14.2. The molecule has 0 aliphatic carbocycles. The van der Waals surface area contributed by atoms with Crippen LogP contribution in [0.1, 0.15) is 39.6 Å². The van der Waals surface area contributed by atoms with E-state index >= 15 is 0 Å². The van der Waals surface area contributed by atoms with Gasteiger partial charge in [0.1, 0.15) is 11.9 Å². The van der Waals surface area contributed by atoms with Crippen molar-refractivity contribution in [2.24, 2.45) is 0 Å². The Bertz CT molecular complexity index is 1730. The average molecular weight is 556 g/mol. The largest absolute Gasteiger partial charge is 0.486 e. The highest BCUT2D eigenvalue weighted by Gasteiger charge is 2.24. The minimum absolute atomic E-state index is 0.137. The Morgan fingerprint density at radius 2 is 1.52 bits per heavy atom. The lowest BCUT2D eigenvalue weighted by Gasteiger charge is -2.22. The summed E-state index contributed by atoms with van der Waals surface area (Å²) in [6, 6.07) is 29.6. The molecule has 0 saturated carbocycles. The normalized spacial score (nSPS) is 13.2. The molecule has 0 aliphatic heterocycles. The van der Waals surface area contributed by atoms with E-state index in [0.29, 0.717) is 22.2 Å². The molecule has 5 rings (SSSR count). The van der Waals surface area contributed by atoms with Gasteiger partial charge in [-0.25, -0.2) is 12.4 Å². The number of hydrogen-bond donors (Lipinski definition) is 1. The summed E-state index contributed by atoms with van der Waals surface area (Å²) < 4.78 is 39.2. The summed E-state index contributed by atoms with van der Waals surface area (Å²) >= 11 is 0. The molecule has 2 atom stereocenters. The number of benzene rings is 4. The van der Waals surface area contributed by atoms with Crippen molar-refractivity contribution in [3.05, 3.63) is 132 Å². The summed E-state index contributed by atoms with van der Waals surface area (Å²) in [6.45, 7) is 1.99. The minimum atomic E-state index is -3.91. The predicted octanol–water partition coefficient (Wildman–Crippen LogP) is 5.89. The molecular weight excluding hydrogens is 526 g/mol. The van der Waals surface area contributed by atoms with Gasteiger partial charge in [-0.3, -0.25) is 4.79 Å². The monoisotopic (exact) mass is 555 g/mol. The first kappa shape index (κ1) is 27.3. The average Bonchev–Trinajstić information content (AvgIpc) is 3.38. The Morgan fingerprint density at radius 1 is 0.875 bits per heavy atom. The van der Waals surface area contributed by atoms with Crippen LogP contribution < -0.4 is 4.74 Å². The summed E-state index contributed by atoms with van der Waals surface area (Å²) in [5, 5.41) is 10.6. The summed E-state index contributed by atoms with van der Waals surface area (Å²) in [5.74, 6) is 0.203. The molecule has 0 radical (unpaired) electrons. The van der Waals surface area contributed by atoms with Crippen molar-refractivity contribution in [1.29, 1.82) is 0 Å². The first-order chi connectivity index (χ1) is 19.3. The maximum Gasteiger partial charge on any atom is 0.268 e. The van der Waals surface area contributed by atoms with Crippen molar-refractivity contribution in [2.75, 3.05) is 7.11 Å². The van der Waals surface area contributed by atoms with Crippen LogP contribution in [0.25, 0.3) is 10.9 Å². The van der Waals surface area contributed by atoms with Gasteiger partial charge in [-0.05, 0) is 55.0 Å². The van der Waals surface area contributed by atoms with Crippen molar-refractivity contribution in [1.82, 2.24) is 3.97 Å². The lowest BCUT2D eigenvalue weighted by atomic mass is 10.0. The molecule has 7 nitrogen and oxygen atoms in total. The summed E-state index contributed by atoms with van der Waals surface area (Å²) in [6.07, 6.45) is 0.129. The highest BCUT2D eigenvalue weighted by Crippen LogP contribution is 2.30. The number of nitrogens with zero attached hydrogens (tertiary/aromatic N) is 1. The number of fused-ring (bicyclic) bond motifs is 1. The Hall–Kier alpha value is -4.24. The molecular formula is C32H29NO6S. The van der Waals surface area contributed by atoms with Gasteiger partial charge in [-0.15, -0.1) is 0 Å². The van der Waals surface area contributed by atoms with Crippen LogP contribution in [0.4, 0.5) is 0 Å². The van der Waals surface area contributed by atoms with Gasteiger partial charge in [0.15, 0.2) is 12.1 Å². The summed E-state index contributed by atoms with van der Waals surface area (Å²) in [7, 11) is -2.48. The molecule has 204 valence electrons. The second-order valence-corrected chi connectivity index (χ2v) is 11.3. The van der Waals surface area contributed by atoms with E-state index in [1.807, 2.05) is 31.2 Å². The van der Waals surface area contributed by atoms with E-state index < -0.39 is 22.4 Å². The third kappa shape index (κ3) is 5.56. The van der Waals surface area contributed by atoms with Crippen LogP contribution in [0.5, 0.6) is 5.75 Å². The van der Waals surface area contributed by atoms with Gasteiger partial charge in [0.05, 0.1) is 10.4 Å². The number of aliphatic hydroxyl groups excluding tert-OH is 1. The number of aliphatic hydroxyl groups is 1. The van der Waals surface area contributed by atoms with E-state index in [1.165, 1.54) is 25.4 Å². The molecule has 4 aromatic carbocycles. The van der Waals surface area contributed by atoms with Crippen LogP contribution >= 0.6 is 0 Å². The van der Waals surface area contributed by atoms with Gasteiger partial charge in [0, 0.05) is 36.2 Å². The molecule has 0 aliphatic rings. The number of ether oxygens (including phenoxy) is 2. The maximum absolute atomic E-state index is 13.6. The van der Waals surface area contributed by atoms with Gasteiger partial charge in [0.2, 0.25) is 0 Å². The summed E-state index contributed by atoms with van der Waals surface area (Å²) in [5.41, 5.74) is 3.08. The maximum atomic E-state index is 13.6. The minimum Gasteiger partial charge on any atom is -0.486 e. The molecule has 0 saturated heterocycles. The van der Waals surface area contributed by atoms with Gasteiger partial charge in [0.25, 0.3) is 10.0 Å². The Kier molecular flexibility index (Phi) is 7.84. The molecule has 5 aromatic rings. The zero-order valence-electron chi connectivity index (χ0n) is 22.1. The molecule has 0 fully saturated rings. The molecule has 0 spiro atoms. The molecule has 2 unspecified atom stereocenters. The molecule has 0 bridgehead atoms. The number of carbonyl (C=O) groups is 1. The number of aromatic nitrogens is 1. The fraction of sp³-hybridized carbons (Fsp3) is 0.156. The number of ketones is 1. The quantitative estimate of drug-likeness (QED) is 0.171. The fourth-order valence-electron chi connectivity index (χ4n) is 4.55. The van der Waals surface area contributed by atoms with E-state index in [2.05, 4.69) is 0 Å². The van der Waals surface area contributed by atoms with Crippen molar-refractivity contribution in [3.63, 3.8) is 0 Å². The lowest BCUT2D eigenvalue weighted by Crippen LogP contribution is -2.18. The Balaban J connectivity index is 1.44. The first-order valence-electron chi connectivity index (χ1n) is 12.8. The van der Waals surface area contributed by atoms with E-state index in [4.69, 9.17) is 9.47 Å². The molecule has 8 heteroatoms. The van der Waals surface area contributed by atoms with Gasteiger partial charge >= 0.3 is 0 Å². The van der Waals surface area contributed by atoms with Crippen LogP contribution in [0.2, 0.25) is 0 Å². The molecule has 1 heterocycles. The molecule has 40 heavy (non-hydrogen) atoms. The number of para-hydroxylation sites is 1. The molecule has 1 N–H and O–H groups in total. The predicted molar refractivity (Wildman–Crippen MR) is 153 cm³/mol. The van der Waals surface area contributed by atoms with Crippen LogP contribution in [-0.2, 0) is 14.8 Å². The number of hydrogen-bond acceptors (Lipinski definition) is 6. The van der Waals surface area contributed by atoms with Crippen molar-refractivity contribution in [2.45, 2.75) is 30.6 Å². The summed E-state index contributed by atoms with van der Waals surface area (Å²) in [4.78, 5) is 13.7. The zero-order chi connectivity index (χ0) is 28.3. The van der Waals surface area contributed by atoms with E-state index in [9.17, 15) is 18.3 Å². The van der Waals surface area contributed by atoms with Crippen LogP contribution in [0, 0.1) is 6.92 Å². The van der Waals surface area contributed by atoms with E-state index in [-0.39, 0.29) is 22.7 Å². The smallest absolute Gasteiger partial charge is 0.268 e. The van der Waals surface area contributed by atoms with Crippen LogP contribution in [0.15, 0.2) is 114 Å². The standard InChI is InChI=1S/C32H29NO6S/c1-22-12-14-23(15-13-22)30(20-31(34)38-2)39-25-18-16-24(17-19-25)32(35)28-21-33(29-11-7-6-10-27(28)29)40(36,37)26-8-4-3-5-9-26/h3-19,21,30-31,34H,20H2,1-2H3. The SMILES string of the molecule is COC(O)CC(Oc1ccc(C(=O)c2cn(S(=O)(=O)c3ccccc3)c3ccccc23)cc1)c1ccc(C)cc1. The van der Waals surface area contributed by atoms with Crippen LogP contribution in [0.3, 0.4) is 0 Å². The van der Waals surface area contributed by atoms with E-state index in [0.717, 1.165) is 15.1 Å². The topological polar surface area (TPSA) is 94.8 Å². The third-order valence-electron chi connectivity index (χ3n) is 6.75. The molecule has 1 aromatic heterocycles. The zero-order valence-corrected chi connectivity index (χ0v) is 22.9. The third-order valence-corrected chi connectivity index (χ3v) is 8.44. The second kappa shape index (κ2) is 11.5. The lowest BCUT2D eigenvalue weighted by molar-refractivity contribution is -0.0952. The Labute approximate surface area is 233 Å². The number of carbonyl (C=O) groups excluding carboxylic acids is 1. The van der Waals surface area contributed by atoms with Gasteiger partial charge in [-0.2, -0.15) is 0 Å². The Morgan fingerprint density at radius 3 is 2.20 bits per heavy atom. The highest BCUT2D eigenvalue weighted by atomic mass is 32.2.